The summed E-state index contributed by atoms with van der Waals surface area (Å²) in [5, 5.41) is 12.5. The van der Waals surface area contributed by atoms with Gasteiger partial charge in [-0.2, -0.15) is 4.80 Å². The highest BCUT2D eigenvalue weighted by molar-refractivity contribution is 6.06. The SMILES string of the molecule is Cc1nc2cc(F)cc(C(=O)NNC(=O)c3ccc(Cn4nnc(-c5ccccc5)n4)cc3)c2nc1C. The van der Waals surface area contributed by atoms with E-state index >= 15 is 0 Å². The molecule has 5 rings (SSSR count). The molecule has 0 aliphatic rings. The van der Waals surface area contributed by atoms with Crippen LogP contribution in [0, 0.1) is 19.7 Å². The molecule has 0 unspecified atom stereocenters. The highest BCUT2D eigenvalue weighted by Gasteiger charge is 2.17. The van der Waals surface area contributed by atoms with Gasteiger partial charge in [-0.3, -0.25) is 20.4 Å². The van der Waals surface area contributed by atoms with Crippen molar-refractivity contribution in [2.45, 2.75) is 20.4 Å². The molecule has 37 heavy (non-hydrogen) atoms. The summed E-state index contributed by atoms with van der Waals surface area (Å²) in [4.78, 5) is 35.4. The summed E-state index contributed by atoms with van der Waals surface area (Å²) in [6, 6.07) is 18.5. The van der Waals surface area contributed by atoms with E-state index in [0.717, 1.165) is 17.2 Å². The molecule has 0 aliphatic carbocycles. The van der Waals surface area contributed by atoms with Crippen LogP contribution in [0.2, 0.25) is 0 Å². The van der Waals surface area contributed by atoms with Gasteiger partial charge in [0.1, 0.15) is 11.3 Å². The zero-order chi connectivity index (χ0) is 25.9. The van der Waals surface area contributed by atoms with E-state index in [1.54, 1.807) is 38.1 Å². The Hall–Kier alpha value is -5.06. The van der Waals surface area contributed by atoms with Gasteiger partial charge in [0.2, 0.25) is 5.82 Å². The monoisotopic (exact) mass is 496 g/mol. The van der Waals surface area contributed by atoms with Gasteiger partial charge in [0.15, 0.2) is 0 Å². The number of hydrogen-bond acceptors (Lipinski definition) is 7. The van der Waals surface area contributed by atoms with Crippen molar-refractivity contribution in [1.29, 1.82) is 0 Å². The average Bonchev–Trinajstić information content (AvgIpc) is 3.37. The lowest BCUT2D eigenvalue weighted by molar-refractivity contribution is 0.0847. The number of hydrogen-bond donors (Lipinski definition) is 2. The molecule has 0 saturated heterocycles. The third-order valence-corrected chi connectivity index (χ3v) is 5.70. The molecule has 2 heterocycles. The lowest BCUT2D eigenvalue weighted by Crippen LogP contribution is -2.41. The van der Waals surface area contributed by atoms with E-state index in [9.17, 15) is 14.0 Å². The van der Waals surface area contributed by atoms with Gasteiger partial charge in [-0.15, -0.1) is 10.2 Å². The van der Waals surface area contributed by atoms with E-state index in [1.165, 1.54) is 10.9 Å². The molecule has 0 bridgehead atoms. The van der Waals surface area contributed by atoms with E-state index in [0.29, 0.717) is 29.3 Å². The number of aryl methyl sites for hydroxylation is 2. The van der Waals surface area contributed by atoms with Gasteiger partial charge >= 0.3 is 0 Å². The van der Waals surface area contributed by atoms with Crippen LogP contribution in [-0.2, 0) is 6.54 Å². The first-order valence-electron chi connectivity index (χ1n) is 11.3. The molecule has 2 aromatic heterocycles. The molecule has 0 spiro atoms. The predicted molar refractivity (Wildman–Crippen MR) is 133 cm³/mol. The second-order valence-electron chi connectivity index (χ2n) is 8.33. The lowest BCUT2D eigenvalue weighted by Gasteiger charge is -2.10. The average molecular weight is 497 g/mol. The molecule has 5 aromatic rings. The Kier molecular flexibility index (Phi) is 6.33. The summed E-state index contributed by atoms with van der Waals surface area (Å²) >= 11 is 0. The van der Waals surface area contributed by atoms with Gasteiger partial charge in [0.25, 0.3) is 11.8 Å². The minimum atomic E-state index is -0.710. The Labute approximate surface area is 210 Å². The molecular weight excluding hydrogens is 475 g/mol. The zero-order valence-electron chi connectivity index (χ0n) is 19.9. The Bertz CT molecular complexity index is 1620. The summed E-state index contributed by atoms with van der Waals surface area (Å²) in [6.45, 7) is 3.87. The highest BCUT2D eigenvalue weighted by atomic mass is 19.1. The van der Waals surface area contributed by atoms with Crippen LogP contribution in [0.3, 0.4) is 0 Å². The van der Waals surface area contributed by atoms with Crippen molar-refractivity contribution in [3.8, 4) is 11.4 Å². The number of carbonyl (C=O) groups excluding carboxylic acids is 2. The predicted octanol–water partition coefficient (Wildman–Crippen LogP) is 3.16. The molecule has 11 heteroatoms. The molecule has 3 aromatic carbocycles. The summed E-state index contributed by atoms with van der Waals surface area (Å²) in [5.41, 5.74) is 8.44. The van der Waals surface area contributed by atoms with Crippen LogP contribution in [0.5, 0.6) is 0 Å². The second kappa shape index (κ2) is 9.90. The van der Waals surface area contributed by atoms with Crippen LogP contribution in [0.25, 0.3) is 22.4 Å². The van der Waals surface area contributed by atoms with E-state index in [2.05, 4.69) is 36.2 Å². The molecule has 2 amide bonds. The first kappa shape index (κ1) is 23.7. The van der Waals surface area contributed by atoms with E-state index < -0.39 is 17.6 Å². The molecule has 0 radical (unpaired) electrons. The summed E-state index contributed by atoms with van der Waals surface area (Å²) < 4.78 is 14.1. The fourth-order valence-corrected chi connectivity index (χ4v) is 3.66. The van der Waals surface area contributed by atoms with E-state index in [1.807, 2.05) is 30.3 Å². The lowest BCUT2D eigenvalue weighted by atomic mass is 10.1. The smallest absolute Gasteiger partial charge is 0.267 e. The number of carbonyl (C=O) groups is 2. The van der Waals surface area contributed by atoms with Gasteiger partial charge in [0.05, 0.1) is 29.0 Å². The Morgan fingerprint density at radius 3 is 2.35 bits per heavy atom. The first-order valence-corrected chi connectivity index (χ1v) is 11.3. The minimum absolute atomic E-state index is 0.0311. The quantitative estimate of drug-likeness (QED) is 0.358. The van der Waals surface area contributed by atoms with Crippen LogP contribution in [0.4, 0.5) is 4.39 Å². The van der Waals surface area contributed by atoms with E-state index in [-0.39, 0.29) is 16.6 Å². The van der Waals surface area contributed by atoms with Crippen molar-refractivity contribution in [3.63, 3.8) is 0 Å². The van der Waals surface area contributed by atoms with Gasteiger partial charge < -0.3 is 0 Å². The molecular formula is C26H21FN8O2. The fraction of sp³-hybridized carbons (Fsp3) is 0.115. The van der Waals surface area contributed by atoms with Crippen LogP contribution in [-0.4, -0.2) is 42.0 Å². The number of halogens is 1. The largest absolute Gasteiger partial charge is 0.272 e. The normalized spacial score (nSPS) is 10.9. The number of nitrogens with one attached hydrogen (secondary N) is 2. The van der Waals surface area contributed by atoms with Crippen molar-refractivity contribution in [2.24, 2.45) is 0 Å². The van der Waals surface area contributed by atoms with Crippen molar-refractivity contribution in [1.82, 2.24) is 41.0 Å². The number of rotatable bonds is 5. The van der Waals surface area contributed by atoms with Gasteiger partial charge in [-0.1, -0.05) is 42.5 Å². The van der Waals surface area contributed by atoms with Crippen LogP contribution in [0.1, 0.15) is 37.7 Å². The zero-order valence-corrected chi connectivity index (χ0v) is 19.9. The number of tetrazole rings is 1. The van der Waals surface area contributed by atoms with Crippen molar-refractivity contribution in [3.05, 3.63) is 101 Å². The van der Waals surface area contributed by atoms with E-state index in [4.69, 9.17) is 0 Å². The number of aromatic nitrogens is 6. The van der Waals surface area contributed by atoms with Gasteiger partial charge in [-0.05, 0) is 42.8 Å². The molecule has 2 N–H and O–H groups in total. The molecule has 0 aliphatic heterocycles. The van der Waals surface area contributed by atoms with Crippen LogP contribution < -0.4 is 10.9 Å². The maximum atomic E-state index is 14.1. The van der Waals surface area contributed by atoms with Crippen molar-refractivity contribution >= 4 is 22.8 Å². The standard InChI is InChI=1S/C26H21FN8O2/c1-15-16(2)29-23-21(12-20(27)13-22(23)28-15)26(37)32-31-25(36)19-10-8-17(9-11-19)14-35-33-24(30-34-35)18-6-4-3-5-7-18/h3-13H,14H2,1-2H3,(H,31,36)(H,32,37). The van der Waals surface area contributed by atoms with Gasteiger partial charge in [-0.25, -0.2) is 14.4 Å². The maximum Gasteiger partial charge on any atom is 0.272 e. The third-order valence-electron chi connectivity index (χ3n) is 5.70. The number of nitrogens with zero attached hydrogens (tertiary/aromatic N) is 6. The molecule has 0 saturated carbocycles. The number of benzene rings is 3. The number of amides is 2. The Balaban J connectivity index is 1.23. The minimum Gasteiger partial charge on any atom is -0.267 e. The summed E-state index contributed by atoms with van der Waals surface area (Å²) in [7, 11) is 0. The topological polar surface area (TPSA) is 128 Å². The maximum absolute atomic E-state index is 14.1. The number of hydrazine groups is 1. The van der Waals surface area contributed by atoms with Gasteiger partial charge in [0, 0.05) is 17.2 Å². The molecule has 0 fully saturated rings. The fourth-order valence-electron chi connectivity index (χ4n) is 3.66. The van der Waals surface area contributed by atoms with Crippen LogP contribution >= 0.6 is 0 Å². The molecule has 0 atom stereocenters. The number of fused-ring (bicyclic) bond motifs is 1. The summed E-state index contributed by atoms with van der Waals surface area (Å²) in [5.74, 6) is -1.35. The Morgan fingerprint density at radius 2 is 1.59 bits per heavy atom. The second-order valence-corrected chi connectivity index (χ2v) is 8.33. The Morgan fingerprint density at radius 1 is 0.892 bits per heavy atom. The molecule has 10 nitrogen and oxygen atoms in total. The molecule has 184 valence electrons. The van der Waals surface area contributed by atoms with Crippen molar-refractivity contribution < 1.29 is 14.0 Å². The van der Waals surface area contributed by atoms with Crippen molar-refractivity contribution in [2.75, 3.05) is 0 Å². The third kappa shape index (κ3) is 5.15. The first-order chi connectivity index (χ1) is 17.9. The summed E-state index contributed by atoms with van der Waals surface area (Å²) in [6.07, 6.45) is 0. The highest BCUT2D eigenvalue weighted by Crippen LogP contribution is 2.19. The van der Waals surface area contributed by atoms with Crippen LogP contribution in [0.15, 0.2) is 66.7 Å².